The van der Waals surface area contributed by atoms with Crippen molar-refractivity contribution >= 4 is 11.7 Å². The van der Waals surface area contributed by atoms with Gasteiger partial charge in [0.1, 0.15) is 7.05 Å². The summed E-state index contributed by atoms with van der Waals surface area (Å²) in [4.78, 5) is 20.0. The molecular weight excluding hydrogens is 166 g/mol. The van der Waals surface area contributed by atoms with E-state index in [1.807, 2.05) is 0 Å². The van der Waals surface area contributed by atoms with Crippen LogP contribution in [0.1, 0.15) is 19.3 Å². The minimum Gasteiger partial charge on any atom is -0.357 e. The minimum atomic E-state index is -0.211. The average molecular weight is 179 g/mol. The first-order chi connectivity index (χ1) is 6.29. The molecule has 0 spiro atoms. The molecule has 1 fully saturated rings. The highest BCUT2D eigenvalue weighted by atomic mass is 16.2. The topological polar surface area (TPSA) is 37.0 Å². The van der Waals surface area contributed by atoms with Crippen LogP contribution in [0.4, 0.5) is 0 Å². The Morgan fingerprint density at radius 2 is 2.00 bits per heavy atom. The van der Waals surface area contributed by atoms with Crippen LogP contribution < -0.4 is 0 Å². The third-order valence-electron chi connectivity index (χ3n) is 2.15. The van der Waals surface area contributed by atoms with E-state index in [-0.39, 0.29) is 11.7 Å². The van der Waals surface area contributed by atoms with E-state index in [4.69, 9.17) is 6.57 Å². The summed E-state index contributed by atoms with van der Waals surface area (Å²) < 4.78 is 0. The predicted octanol–water partition coefficient (Wildman–Crippen LogP) is 0.946. The number of piperidine rings is 1. The van der Waals surface area contributed by atoms with E-state index in [1.165, 1.54) is 13.5 Å². The normalized spacial score (nSPS) is 18.2. The van der Waals surface area contributed by atoms with E-state index >= 15 is 0 Å². The second-order valence-electron chi connectivity index (χ2n) is 3.01. The molecule has 1 heterocycles. The zero-order valence-electron chi connectivity index (χ0n) is 7.79. The molecule has 1 aliphatic heterocycles. The molecule has 0 N–H and O–H groups in total. The second kappa shape index (κ2) is 4.61. The Labute approximate surface area is 78.1 Å². The maximum absolute atomic E-state index is 11.5. The summed E-state index contributed by atoms with van der Waals surface area (Å²) in [5, 5.41) is 0. The lowest BCUT2D eigenvalue weighted by molar-refractivity contribution is -0.124. The lowest BCUT2D eigenvalue weighted by Crippen LogP contribution is -2.39. The highest BCUT2D eigenvalue weighted by Gasteiger charge is 2.20. The van der Waals surface area contributed by atoms with E-state index in [0.29, 0.717) is 0 Å². The molecule has 4 nitrogen and oxygen atoms in total. The summed E-state index contributed by atoms with van der Waals surface area (Å²) in [6.07, 6.45) is 3.27. The fraction of sp³-hybridized carbons (Fsp3) is 0.667. The Kier molecular flexibility index (Phi) is 3.44. The van der Waals surface area contributed by atoms with Gasteiger partial charge in [0.05, 0.1) is 0 Å². The van der Waals surface area contributed by atoms with Crippen molar-refractivity contribution in [2.24, 2.45) is 4.99 Å². The number of carbonyl (C=O) groups is 1. The summed E-state index contributed by atoms with van der Waals surface area (Å²) >= 11 is 0. The van der Waals surface area contributed by atoms with E-state index in [9.17, 15) is 4.79 Å². The van der Waals surface area contributed by atoms with Gasteiger partial charge in [-0.15, -0.1) is 0 Å². The van der Waals surface area contributed by atoms with Crippen LogP contribution in [0.15, 0.2) is 4.99 Å². The predicted molar refractivity (Wildman–Crippen MR) is 50.4 cm³/mol. The SMILES string of the molecule is [C-]#[N+]C(=NC)C(=O)N1CCCCC1. The molecule has 4 heteroatoms. The average Bonchev–Trinajstić information content (AvgIpc) is 2.21. The van der Waals surface area contributed by atoms with E-state index in [0.717, 1.165) is 25.9 Å². The molecule has 1 amide bonds. The smallest absolute Gasteiger partial charge is 0.329 e. The maximum Gasteiger partial charge on any atom is 0.329 e. The molecule has 13 heavy (non-hydrogen) atoms. The monoisotopic (exact) mass is 179 g/mol. The standard InChI is InChI=1S/C9H13N3O/c1-10-8(11-2)9(13)12-6-4-3-5-7-12/h3-7H2,1H3. The van der Waals surface area contributed by atoms with Crippen molar-refractivity contribution in [3.8, 4) is 0 Å². The lowest BCUT2D eigenvalue weighted by Gasteiger charge is -2.26. The molecule has 1 aliphatic rings. The van der Waals surface area contributed by atoms with Gasteiger partial charge >= 0.3 is 5.84 Å². The lowest BCUT2D eigenvalue weighted by atomic mass is 10.1. The van der Waals surface area contributed by atoms with Crippen LogP contribution in [0.5, 0.6) is 0 Å². The van der Waals surface area contributed by atoms with Crippen LogP contribution in [0, 0.1) is 6.57 Å². The molecule has 0 saturated carbocycles. The van der Waals surface area contributed by atoms with E-state index in [1.54, 1.807) is 4.90 Å². The number of rotatable bonds is 0. The molecule has 70 valence electrons. The number of hydrogen-bond acceptors (Lipinski definition) is 2. The van der Waals surface area contributed by atoms with Gasteiger partial charge in [-0.05, 0) is 19.3 Å². The molecule has 0 aliphatic carbocycles. The van der Waals surface area contributed by atoms with Crippen molar-refractivity contribution in [2.45, 2.75) is 19.3 Å². The van der Waals surface area contributed by atoms with Crippen molar-refractivity contribution in [1.82, 2.24) is 4.90 Å². The summed E-state index contributed by atoms with van der Waals surface area (Å²) in [7, 11) is 1.48. The zero-order valence-corrected chi connectivity index (χ0v) is 7.79. The third-order valence-corrected chi connectivity index (χ3v) is 2.15. The van der Waals surface area contributed by atoms with Crippen LogP contribution in [-0.4, -0.2) is 36.8 Å². The number of nitrogens with zero attached hydrogens (tertiary/aromatic N) is 3. The molecule has 1 saturated heterocycles. The Morgan fingerprint density at radius 3 is 2.46 bits per heavy atom. The van der Waals surface area contributed by atoms with Gasteiger partial charge < -0.3 is 9.74 Å². The fourth-order valence-corrected chi connectivity index (χ4v) is 1.43. The molecule has 0 unspecified atom stereocenters. The van der Waals surface area contributed by atoms with Crippen molar-refractivity contribution in [3.05, 3.63) is 11.4 Å². The van der Waals surface area contributed by atoms with Crippen LogP contribution in [0.25, 0.3) is 4.85 Å². The Morgan fingerprint density at radius 1 is 1.38 bits per heavy atom. The first kappa shape index (κ1) is 9.72. The van der Waals surface area contributed by atoms with Crippen LogP contribution in [0.3, 0.4) is 0 Å². The van der Waals surface area contributed by atoms with Gasteiger partial charge in [-0.25, -0.2) is 0 Å². The van der Waals surface area contributed by atoms with Crippen molar-refractivity contribution in [3.63, 3.8) is 0 Å². The van der Waals surface area contributed by atoms with Gasteiger partial charge in [0, 0.05) is 13.1 Å². The Hall–Kier alpha value is -1.37. The molecular formula is C9H13N3O. The number of likely N-dealkylation sites (tertiary alicyclic amines) is 1. The Balaban J connectivity index is 2.61. The van der Waals surface area contributed by atoms with E-state index in [2.05, 4.69) is 9.84 Å². The first-order valence-electron chi connectivity index (χ1n) is 4.43. The number of amidine groups is 1. The van der Waals surface area contributed by atoms with Gasteiger partial charge in [-0.1, -0.05) is 6.57 Å². The molecule has 0 aromatic carbocycles. The molecule has 0 aromatic rings. The summed E-state index contributed by atoms with van der Waals surface area (Å²) in [5.74, 6) is -0.209. The Bertz CT molecular complexity index is 259. The van der Waals surface area contributed by atoms with Crippen LogP contribution in [0.2, 0.25) is 0 Å². The zero-order chi connectivity index (χ0) is 9.68. The number of carbonyl (C=O) groups excluding carboxylic acids is 1. The maximum atomic E-state index is 11.5. The number of amides is 1. The molecule has 1 rings (SSSR count). The van der Waals surface area contributed by atoms with Gasteiger partial charge in [0.2, 0.25) is 0 Å². The van der Waals surface area contributed by atoms with Gasteiger partial charge in [0.15, 0.2) is 0 Å². The van der Waals surface area contributed by atoms with Crippen LogP contribution >= 0.6 is 0 Å². The fourth-order valence-electron chi connectivity index (χ4n) is 1.43. The van der Waals surface area contributed by atoms with Crippen molar-refractivity contribution in [2.75, 3.05) is 20.1 Å². The van der Waals surface area contributed by atoms with Gasteiger partial charge in [-0.2, -0.15) is 4.99 Å². The minimum absolute atomic E-state index is 0.00176. The third kappa shape index (κ3) is 2.28. The molecule has 0 bridgehead atoms. The van der Waals surface area contributed by atoms with Crippen molar-refractivity contribution < 1.29 is 4.79 Å². The summed E-state index contributed by atoms with van der Waals surface area (Å²) in [5.41, 5.74) is 0. The van der Waals surface area contributed by atoms with Crippen molar-refractivity contribution in [1.29, 1.82) is 0 Å². The van der Waals surface area contributed by atoms with Gasteiger partial charge in [0.25, 0.3) is 5.91 Å². The number of aliphatic imine (C=N–C) groups is 1. The number of hydrogen-bond donors (Lipinski definition) is 0. The largest absolute Gasteiger partial charge is 0.357 e. The molecule has 0 radical (unpaired) electrons. The molecule has 0 atom stereocenters. The quantitative estimate of drug-likeness (QED) is 0.310. The highest BCUT2D eigenvalue weighted by Crippen LogP contribution is 2.09. The van der Waals surface area contributed by atoms with Crippen LogP contribution in [-0.2, 0) is 4.79 Å². The summed E-state index contributed by atoms with van der Waals surface area (Å²) in [6.45, 7) is 8.30. The first-order valence-corrected chi connectivity index (χ1v) is 4.43. The molecule has 0 aromatic heterocycles. The van der Waals surface area contributed by atoms with E-state index < -0.39 is 0 Å². The second-order valence-corrected chi connectivity index (χ2v) is 3.01. The highest BCUT2D eigenvalue weighted by molar-refractivity contribution is 6.41. The van der Waals surface area contributed by atoms with Gasteiger partial charge in [-0.3, -0.25) is 4.79 Å². The summed E-state index contributed by atoms with van der Waals surface area (Å²) in [6, 6.07) is 0.